The van der Waals surface area contributed by atoms with Crippen LogP contribution in [0.3, 0.4) is 0 Å². The molecular formula is C14H21BrN2S. The molecule has 18 heavy (non-hydrogen) atoms. The first kappa shape index (κ1) is 14.4. The maximum Gasteiger partial charge on any atom is 0.0420 e. The van der Waals surface area contributed by atoms with Crippen LogP contribution < -0.4 is 5.32 Å². The van der Waals surface area contributed by atoms with Gasteiger partial charge in [-0.05, 0) is 64.9 Å². The van der Waals surface area contributed by atoms with Crippen LogP contribution in [0.15, 0.2) is 22.8 Å². The molecule has 1 saturated heterocycles. The molecule has 0 radical (unpaired) electrons. The SMILES string of the molecule is CCCNC(Cc1ccc(Br)cn1)C1CCSC1. The van der Waals surface area contributed by atoms with Crippen molar-refractivity contribution in [1.82, 2.24) is 10.3 Å². The second-order valence-corrected chi connectivity index (χ2v) is 6.92. The van der Waals surface area contributed by atoms with Crippen molar-refractivity contribution >= 4 is 27.7 Å². The maximum absolute atomic E-state index is 4.50. The van der Waals surface area contributed by atoms with Gasteiger partial charge >= 0.3 is 0 Å². The molecule has 0 spiro atoms. The summed E-state index contributed by atoms with van der Waals surface area (Å²) in [4.78, 5) is 4.50. The number of aromatic nitrogens is 1. The zero-order chi connectivity index (χ0) is 12.8. The highest BCUT2D eigenvalue weighted by atomic mass is 79.9. The van der Waals surface area contributed by atoms with Gasteiger partial charge in [-0.1, -0.05) is 6.92 Å². The zero-order valence-electron chi connectivity index (χ0n) is 10.9. The number of nitrogens with one attached hydrogen (secondary N) is 1. The van der Waals surface area contributed by atoms with Gasteiger partial charge < -0.3 is 5.32 Å². The molecule has 1 aromatic heterocycles. The standard InChI is InChI=1S/C14H21BrN2S/c1-2-6-16-14(11-5-7-18-10-11)8-13-4-3-12(15)9-17-13/h3-4,9,11,14,16H,2,5-8,10H2,1H3. The van der Waals surface area contributed by atoms with Crippen LogP contribution in [0.5, 0.6) is 0 Å². The van der Waals surface area contributed by atoms with Crippen molar-refractivity contribution in [2.24, 2.45) is 5.92 Å². The molecule has 1 aliphatic rings. The Morgan fingerprint density at radius 2 is 2.44 bits per heavy atom. The predicted octanol–water partition coefficient (Wildman–Crippen LogP) is 3.51. The highest BCUT2D eigenvalue weighted by molar-refractivity contribution is 9.10. The lowest BCUT2D eigenvalue weighted by Crippen LogP contribution is -2.38. The van der Waals surface area contributed by atoms with E-state index in [0.717, 1.165) is 23.4 Å². The van der Waals surface area contributed by atoms with Crippen molar-refractivity contribution in [3.05, 3.63) is 28.5 Å². The Hall–Kier alpha value is -0.0600. The fourth-order valence-corrected chi connectivity index (χ4v) is 3.93. The molecule has 1 aliphatic heterocycles. The van der Waals surface area contributed by atoms with E-state index in [1.807, 2.05) is 6.20 Å². The zero-order valence-corrected chi connectivity index (χ0v) is 13.3. The molecule has 2 heterocycles. The second kappa shape index (κ2) is 7.51. The summed E-state index contributed by atoms with van der Waals surface area (Å²) in [5.41, 5.74) is 1.20. The van der Waals surface area contributed by atoms with Crippen LogP contribution in [0.25, 0.3) is 0 Å². The Morgan fingerprint density at radius 1 is 1.56 bits per heavy atom. The van der Waals surface area contributed by atoms with E-state index >= 15 is 0 Å². The molecule has 4 heteroatoms. The molecule has 2 nitrogen and oxygen atoms in total. The molecule has 0 amide bonds. The molecule has 0 saturated carbocycles. The van der Waals surface area contributed by atoms with Gasteiger partial charge in [-0.2, -0.15) is 11.8 Å². The van der Waals surface area contributed by atoms with Gasteiger partial charge in [0.15, 0.2) is 0 Å². The van der Waals surface area contributed by atoms with E-state index in [0.29, 0.717) is 6.04 Å². The monoisotopic (exact) mass is 328 g/mol. The van der Waals surface area contributed by atoms with E-state index in [4.69, 9.17) is 0 Å². The van der Waals surface area contributed by atoms with Crippen LogP contribution in [0.2, 0.25) is 0 Å². The summed E-state index contributed by atoms with van der Waals surface area (Å²) in [7, 11) is 0. The van der Waals surface area contributed by atoms with E-state index in [2.05, 4.69) is 57.0 Å². The lowest BCUT2D eigenvalue weighted by molar-refractivity contribution is 0.377. The summed E-state index contributed by atoms with van der Waals surface area (Å²) < 4.78 is 1.06. The first-order valence-corrected chi connectivity index (χ1v) is 8.66. The van der Waals surface area contributed by atoms with E-state index in [1.54, 1.807) is 0 Å². The molecule has 0 aromatic carbocycles. The van der Waals surface area contributed by atoms with Gasteiger partial charge in [0.1, 0.15) is 0 Å². The number of pyridine rings is 1. The Morgan fingerprint density at radius 3 is 3.06 bits per heavy atom. The molecule has 2 atom stereocenters. The number of nitrogens with zero attached hydrogens (tertiary/aromatic N) is 1. The summed E-state index contributed by atoms with van der Waals surface area (Å²) in [5, 5.41) is 3.71. The number of halogens is 1. The average molecular weight is 329 g/mol. The smallest absolute Gasteiger partial charge is 0.0420 e. The lowest BCUT2D eigenvalue weighted by Gasteiger charge is -2.24. The minimum atomic E-state index is 0.591. The highest BCUT2D eigenvalue weighted by Crippen LogP contribution is 2.27. The van der Waals surface area contributed by atoms with Crippen molar-refractivity contribution in [3.63, 3.8) is 0 Å². The van der Waals surface area contributed by atoms with E-state index in [-0.39, 0.29) is 0 Å². The van der Waals surface area contributed by atoms with Crippen molar-refractivity contribution < 1.29 is 0 Å². The van der Waals surface area contributed by atoms with Crippen LogP contribution >= 0.6 is 27.7 Å². The van der Waals surface area contributed by atoms with Crippen LogP contribution in [-0.4, -0.2) is 29.1 Å². The van der Waals surface area contributed by atoms with Gasteiger partial charge in [-0.15, -0.1) is 0 Å². The summed E-state index contributed by atoms with van der Waals surface area (Å²) in [6.45, 7) is 3.34. The fourth-order valence-electron chi connectivity index (χ4n) is 2.36. The molecule has 2 unspecified atom stereocenters. The molecule has 100 valence electrons. The third-order valence-corrected chi connectivity index (χ3v) is 5.07. The first-order chi connectivity index (χ1) is 8.79. The molecule has 1 fully saturated rings. The van der Waals surface area contributed by atoms with Crippen LogP contribution in [0.4, 0.5) is 0 Å². The Bertz CT molecular complexity index is 349. The van der Waals surface area contributed by atoms with Crippen LogP contribution in [0.1, 0.15) is 25.5 Å². The van der Waals surface area contributed by atoms with Crippen molar-refractivity contribution in [2.75, 3.05) is 18.1 Å². The van der Waals surface area contributed by atoms with E-state index in [1.165, 1.54) is 30.0 Å². The summed E-state index contributed by atoms with van der Waals surface area (Å²) in [6.07, 6.45) is 5.50. The highest BCUT2D eigenvalue weighted by Gasteiger charge is 2.25. The number of hydrogen-bond acceptors (Lipinski definition) is 3. The summed E-state index contributed by atoms with van der Waals surface area (Å²) >= 11 is 5.53. The number of hydrogen-bond donors (Lipinski definition) is 1. The number of thioether (sulfide) groups is 1. The van der Waals surface area contributed by atoms with Crippen LogP contribution in [-0.2, 0) is 6.42 Å². The van der Waals surface area contributed by atoms with Gasteiger partial charge in [0.05, 0.1) is 0 Å². The molecule has 0 aliphatic carbocycles. The maximum atomic E-state index is 4.50. The Kier molecular flexibility index (Phi) is 5.99. The quantitative estimate of drug-likeness (QED) is 0.865. The van der Waals surface area contributed by atoms with Crippen molar-refractivity contribution in [3.8, 4) is 0 Å². The second-order valence-electron chi connectivity index (χ2n) is 4.86. The minimum absolute atomic E-state index is 0.591. The van der Waals surface area contributed by atoms with Crippen molar-refractivity contribution in [2.45, 2.75) is 32.2 Å². The molecular weight excluding hydrogens is 308 g/mol. The van der Waals surface area contributed by atoms with Gasteiger partial charge in [0.25, 0.3) is 0 Å². The number of rotatable bonds is 6. The van der Waals surface area contributed by atoms with E-state index < -0.39 is 0 Å². The molecule has 2 rings (SSSR count). The molecule has 1 N–H and O–H groups in total. The molecule has 0 bridgehead atoms. The van der Waals surface area contributed by atoms with E-state index in [9.17, 15) is 0 Å². The van der Waals surface area contributed by atoms with Gasteiger partial charge in [-0.3, -0.25) is 4.98 Å². The van der Waals surface area contributed by atoms with Crippen LogP contribution in [0, 0.1) is 5.92 Å². The Labute approximate surface area is 122 Å². The first-order valence-electron chi connectivity index (χ1n) is 6.71. The minimum Gasteiger partial charge on any atom is -0.313 e. The lowest BCUT2D eigenvalue weighted by atomic mass is 9.94. The summed E-state index contributed by atoms with van der Waals surface area (Å²) in [5.74, 6) is 3.44. The third kappa shape index (κ3) is 4.25. The fraction of sp³-hybridized carbons (Fsp3) is 0.643. The Balaban J connectivity index is 1.97. The van der Waals surface area contributed by atoms with Crippen molar-refractivity contribution in [1.29, 1.82) is 0 Å². The molecule has 1 aromatic rings. The summed E-state index contributed by atoms with van der Waals surface area (Å²) in [6, 6.07) is 4.81. The van der Waals surface area contributed by atoms with Gasteiger partial charge in [0.2, 0.25) is 0 Å². The van der Waals surface area contributed by atoms with Gasteiger partial charge in [0, 0.05) is 28.8 Å². The average Bonchev–Trinajstić information content (AvgIpc) is 2.90. The third-order valence-electron chi connectivity index (χ3n) is 3.41. The normalized spacial score (nSPS) is 21.1. The van der Waals surface area contributed by atoms with Gasteiger partial charge in [-0.25, -0.2) is 0 Å². The topological polar surface area (TPSA) is 24.9 Å². The predicted molar refractivity (Wildman–Crippen MR) is 83.2 cm³/mol. The largest absolute Gasteiger partial charge is 0.313 e.